The number of halogens is 1. The first-order valence-electron chi connectivity index (χ1n) is 6.10. The Labute approximate surface area is 110 Å². The number of benzene rings is 2. The maximum Gasteiger partial charge on any atom is 0.322 e. The van der Waals surface area contributed by atoms with Gasteiger partial charge < -0.3 is 10.2 Å². The second-order valence-electron chi connectivity index (χ2n) is 4.57. The molecule has 0 saturated carbocycles. The van der Waals surface area contributed by atoms with Gasteiger partial charge in [-0.15, -0.1) is 0 Å². The maximum atomic E-state index is 13.1. The summed E-state index contributed by atoms with van der Waals surface area (Å²) in [6.07, 6.45) is 0. The second-order valence-corrected chi connectivity index (χ2v) is 4.57. The highest BCUT2D eigenvalue weighted by Gasteiger charge is 2.23. The average molecular weight is 256 g/mol. The topological polar surface area (TPSA) is 32.3 Å². The van der Waals surface area contributed by atoms with Crippen LogP contribution in [0, 0.1) is 5.82 Å². The van der Waals surface area contributed by atoms with Crippen LogP contribution in [-0.4, -0.2) is 10.9 Å². The lowest BCUT2D eigenvalue weighted by atomic mass is 10.1. The van der Waals surface area contributed by atoms with Crippen LogP contribution < -0.4 is 5.32 Å². The monoisotopic (exact) mass is 256 g/mol. The third-order valence-electron chi connectivity index (χ3n) is 3.20. The van der Waals surface area contributed by atoms with Gasteiger partial charge in [-0.25, -0.2) is 9.18 Å². The van der Waals surface area contributed by atoms with Gasteiger partial charge >= 0.3 is 6.03 Å². The zero-order valence-corrected chi connectivity index (χ0v) is 10.3. The molecule has 0 spiro atoms. The summed E-state index contributed by atoms with van der Waals surface area (Å²) in [5.41, 5.74) is 2.64. The molecule has 0 radical (unpaired) electrons. The number of fused-ring (bicyclic) bond motifs is 1. The van der Waals surface area contributed by atoms with Gasteiger partial charge in [-0.05, 0) is 35.4 Å². The largest absolute Gasteiger partial charge is 0.322 e. The van der Waals surface area contributed by atoms with E-state index in [4.69, 9.17) is 0 Å². The Morgan fingerprint density at radius 3 is 2.58 bits per heavy atom. The predicted molar refractivity (Wildman–Crippen MR) is 71.1 cm³/mol. The van der Waals surface area contributed by atoms with E-state index >= 15 is 0 Å². The van der Waals surface area contributed by atoms with E-state index in [0.717, 1.165) is 16.8 Å². The third kappa shape index (κ3) is 2.42. The Morgan fingerprint density at radius 2 is 1.79 bits per heavy atom. The number of urea groups is 1. The van der Waals surface area contributed by atoms with Crippen LogP contribution in [0.15, 0.2) is 48.5 Å². The number of amides is 2. The molecule has 4 heteroatoms. The smallest absolute Gasteiger partial charge is 0.316 e. The van der Waals surface area contributed by atoms with Crippen LogP contribution >= 0.6 is 0 Å². The van der Waals surface area contributed by atoms with Crippen LogP contribution in [0.2, 0.25) is 0 Å². The molecule has 0 aromatic heterocycles. The Morgan fingerprint density at radius 1 is 1.05 bits per heavy atom. The third-order valence-corrected chi connectivity index (χ3v) is 3.20. The van der Waals surface area contributed by atoms with E-state index < -0.39 is 0 Å². The van der Waals surface area contributed by atoms with Crippen molar-refractivity contribution in [2.45, 2.75) is 13.1 Å². The molecule has 0 bridgehead atoms. The van der Waals surface area contributed by atoms with Gasteiger partial charge in [0.25, 0.3) is 0 Å². The van der Waals surface area contributed by atoms with Crippen molar-refractivity contribution >= 4 is 11.7 Å². The first-order chi connectivity index (χ1) is 9.22. The first kappa shape index (κ1) is 11.7. The molecule has 0 fully saturated rings. The molecule has 0 saturated heterocycles. The second kappa shape index (κ2) is 4.72. The van der Waals surface area contributed by atoms with E-state index in [0.29, 0.717) is 13.1 Å². The summed E-state index contributed by atoms with van der Waals surface area (Å²) >= 11 is 0. The highest BCUT2D eigenvalue weighted by atomic mass is 19.1. The lowest BCUT2D eigenvalue weighted by Gasteiger charge is -2.16. The molecule has 19 heavy (non-hydrogen) atoms. The maximum absolute atomic E-state index is 13.1. The normalized spacial score (nSPS) is 13.2. The molecule has 2 aromatic rings. The molecule has 3 rings (SSSR count). The number of anilines is 1. The van der Waals surface area contributed by atoms with E-state index in [9.17, 15) is 9.18 Å². The van der Waals surface area contributed by atoms with Crippen LogP contribution in [-0.2, 0) is 13.1 Å². The number of carbonyl (C=O) groups excluding carboxylic acids is 1. The first-order valence-corrected chi connectivity index (χ1v) is 6.10. The fourth-order valence-corrected chi connectivity index (χ4v) is 2.23. The molecule has 2 aromatic carbocycles. The number of carbonyl (C=O) groups is 1. The van der Waals surface area contributed by atoms with Gasteiger partial charge in [0.2, 0.25) is 0 Å². The number of nitrogens with zero attached hydrogens (tertiary/aromatic N) is 1. The van der Waals surface area contributed by atoms with E-state index in [1.807, 2.05) is 30.3 Å². The molecule has 3 nitrogen and oxygen atoms in total. The van der Waals surface area contributed by atoms with Crippen molar-refractivity contribution in [2.24, 2.45) is 0 Å². The number of para-hydroxylation sites is 1. The van der Waals surface area contributed by atoms with Crippen LogP contribution in [0.1, 0.15) is 11.1 Å². The average Bonchev–Trinajstić information content (AvgIpc) is 2.83. The number of hydrogen-bond acceptors (Lipinski definition) is 1. The molecule has 2 amide bonds. The van der Waals surface area contributed by atoms with Crippen molar-refractivity contribution in [3.05, 3.63) is 65.5 Å². The van der Waals surface area contributed by atoms with Crippen molar-refractivity contribution < 1.29 is 9.18 Å². The fraction of sp³-hybridized carbons (Fsp3) is 0.133. The molecule has 1 heterocycles. The zero-order chi connectivity index (χ0) is 13.2. The van der Waals surface area contributed by atoms with Crippen molar-refractivity contribution in [1.82, 2.24) is 4.90 Å². The minimum atomic E-state index is -0.260. The summed E-state index contributed by atoms with van der Waals surface area (Å²) in [5, 5.41) is 2.83. The van der Waals surface area contributed by atoms with Crippen LogP contribution in [0.5, 0.6) is 0 Å². The van der Waals surface area contributed by atoms with Crippen molar-refractivity contribution in [3.63, 3.8) is 0 Å². The summed E-state index contributed by atoms with van der Waals surface area (Å²) in [6, 6.07) is 13.8. The fourth-order valence-electron chi connectivity index (χ4n) is 2.23. The highest BCUT2D eigenvalue weighted by Crippen LogP contribution is 2.24. The van der Waals surface area contributed by atoms with Crippen LogP contribution in [0.25, 0.3) is 0 Å². The van der Waals surface area contributed by atoms with E-state index in [1.165, 1.54) is 12.1 Å². The number of rotatable bonds is 1. The van der Waals surface area contributed by atoms with E-state index in [-0.39, 0.29) is 11.8 Å². The summed E-state index contributed by atoms with van der Waals surface area (Å²) in [4.78, 5) is 13.8. The lowest BCUT2D eigenvalue weighted by molar-refractivity contribution is 0.212. The van der Waals surface area contributed by atoms with Gasteiger partial charge in [-0.2, -0.15) is 0 Å². The number of hydrogen-bond donors (Lipinski definition) is 1. The minimum Gasteiger partial charge on any atom is -0.316 e. The van der Waals surface area contributed by atoms with Gasteiger partial charge in [0.05, 0.1) is 0 Å². The van der Waals surface area contributed by atoms with E-state index in [2.05, 4.69) is 5.32 Å². The molecule has 1 aliphatic heterocycles. The van der Waals surface area contributed by atoms with Gasteiger partial charge in [0, 0.05) is 18.8 Å². The molecule has 0 unspecified atom stereocenters. The van der Waals surface area contributed by atoms with Crippen LogP contribution in [0.4, 0.5) is 14.9 Å². The molecule has 1 aliphatic rings. The highest BCUT2D eigenvalue weighted by molar-refractivity contribution is 5.89. The molecule has 96 valence electrons. The summed E-state index contributed by atoms with van der Waals surface area (Å²) in [6.45, 7) is 0.972. The van der Waals surface area contributed by atoms with Gasteiger partial charge in [-0.3, -0.25) is 0 Å². The Kier molecular flexibility index (Phi) is 2.91. The van der Waals surface area contributed by atoms with Crippen LogP contribution in [0.3, 0.4) is 0 Å². The quantitative estimate of drug-likeness (QED) is 0.833. The molecular weight excluding hydrogens is 243 g/mol. The SMILES string of the molecule is O=C(Nc1ccccc1)N1Cc2ccc(F)cc2C1. The Bertz CT molecular complexity index is 613. The summed E-state index contributed by atoms with van der Waals surface area (Å²) in [5.74, 6) is -0.260. The van der Waals surface area contributed by atoms with Crippen molar-refractivity contribution in [1.29, 1.82) is 0 Å². The summed E-state index contributed by atoms with van der Waals surface area (Å²) < 4.78 is 13.1. The van der Waals surface area contributed by atoms with Crippen molar-refractivity contribution in [3.8, 4) is 0 Å². The van der Waals surface area contributed by atoms with Gasteiger partial charge in [0.1, 0.15) is 5.82 Å². The van der Waals surface area contributed by atoms with Gasteiger partial charge in [0.15, 0.2) is 0 Å². The minimum absolute atomic E-state index is 0.164. The van der Waals surface area contributed by atoms with E-state index in [1.54, 1.807) is 11.0 Å². The standard InChI is InChI=1S/C15H13FN2O/c16-13-7-6-11-9-18(10-12(11)8-13)15(19)17-14-4-2-1-3-5-14/h1-8H,9-10H2,(H,17,19). The Hall–Kier alpha value is -2.36. The Balaban J connectivity index is 1.71. The summed E-state index contributed by atoms with van der Waals surface area (Å²) in [7, 11) is 0. The lowest BCUT2D eigenvalue weighted by Crippen LogP contribution is -2.30. The zero-order valence-electron chi connectivity index (χ0n) is 10.3. The van der Waals surface area contributed by atoms with Crippen molar-refractivity contribution in [2.75, 3.05) is 5.32 Å². The molecule has 0 aliphatic carbocycles. The van der Waals surface area contributed by atoms with Gasteiger partial charge in [-0.1, -0.05) is 24.3 Å². The predicted octanol–water partition coefficient (Wildman–Crippen LogP) is 3.37. The number of nitrogens with one attached hydrogen (secondary N) is 1. The molecule has 0 atom stereocenters. The molecular formula is C15H13FN2O. The molecule has 1 N–H and O–H groups in total.